The Bertz CT molecular complexity index is 585. The molecule has 0 spiro atoms. The van der Waals surface area contributed by atoms with Crippen molar-refractivity contribution in [3.05, 3.63) is 36.2 Å². The molecular weight excluding hydrogens is 278 g/mol. The maximum Gasteiger partial charge on any atom is 0.247 e. The Morgan fingerprint density at radius 2 is 2.09 bits per heavy atom. The Labute approximate surface area is 131 Å². The second kappa shape index (κ2) is 7.03. The van der Waals surface area contributed by atoms with Crippen LogP contribution in [-0.2, 0) is 6.54 Å². The van der Waals surface area contributed by atoms with Gasteiger partial charge in [0.1, 0.15) is 0 Å². The highest BCUT2D eigenvalue weighted by Crippen LogP contribution is 2.24. The third-order valence-electron chi connectivity index (χ3n) is 4.35. The van der Waals surface area contributed by atoms with Gasteiger partial charge < -0.3 is 9.52 Å². The van der Waals surface area contributed by atoms with Gasteiger partial charge in [0.25, 0.3) is 0 Å². The molecule has 1 fully saturated rings. The van der Waals surface area contributed by atoms with Gasteiger partial charge in [0, 0.05) is 11.6 Å². The van der Waals surface area contributed by atoms with E-state index in [1.165, 1.54) is 6.42 Å². The van der Waals surface area contributed by atoms with Crippen LogP contribution >= 0.6 is 0 Å². The SMILES string of the molecule is CCC(O)C1CCCCN1Cc1nnc(-c2ccccc2)o1. The Morgan fingerprint density at radius 3 is 2.86 bits per heavy atom. The zero-order chi connectivity index (χ0) is 15.4. The minimum atomic E-state index is -0.281. The standard InChI is InChI=1S/C17H23N3O2/c1-2-15(21)14-10-6-7-11-20(14)12-16-18-19-17(22-16)13-8-4-3-5-9-13/h3-5,8-9,14-15,21H,2,6-7,10-12H2,1H3. The summed E-state index contributed by atoms with van der Waals surface area (Å²) in [5, 5.41) is 18.5. The average molecular weight is 301 g/mol. The molecule has 3 rings (SSSR count). The van der Waals surface area contributed by atoms with Crippen LogP contribution in [0.4, 0.5) is 0 Å². The molecule has 2 atom stereocenters. The van der Waals surface area contributed by atoms with Crippen molar-refractivity contribution >= 4 is 0 Å². The number of likely N-dealkylation sites (tertiary alicyclic amines) is 1. The van der Waals surface area contributed by atoms with Crippen molar-refractivity contribution in [1.29, 1.82) is 0 Å². The minimum Gasteiger partial charge on any atom is -0.419 e. The van der Waals surface area contributed by atoms with Gasteiger partial charge in [-0.25, -0.2) is 0 Å². The average Bonchev–Trinajstić information content (AvgIpc) is 3.04. The number of rotatable bonds is 5. The first-order chi connectivity index (χ1) is 10.8. The zero-order valence-electron chi connectivity index (χ0n) is 13.0. The highest BCUT2D eigenvalue weighted by Gasteiger charge is 2.28. The molecule has 2 heterocycles. The maximum absolute atomic E-state index is 10.2. The summed E-state index contributed by atoms with van der Waals surface area (Å²) in [6.07, 6.45) is 3.87. The summed E-state index contributed by atoms with van der Waals surface area (Å²) in [5.41, 5.74) is 0.935. The van der Waals surface area contributed by atoms with E-state index in [1.807, 2.05) is 37.3 Å². The first-order valence-electron chi connectivity index (χ1n) is 8.08. The topological polar surface area (TPSA) is 62.4 Å². The van der Waals surface area contributed by atoms with Crippen LogP contribution in [0.3, 0.4) is 0 Å². The van der Waals surface area contributed by atoms with E-state index in [0.717, 1.165) is 31.4 Å². The monoisotopic (exact) mass is 301 g/mol. The molecule has 5 nitrogen and oxygen atoms in total. The molecule has 0 radical (unpaired) electrons. The molecular formula is C17H23N3O2. The number of aromatic nitrogens is 2. The third kappa shape index (κ3) is 3.36. The second-order valence-corrected chi connectivity index (χ2v) is 5.88. The van der Waals surface area contributed by atoms with Gasteiger partial charge in [-0.1, -0.05) is 31.5 Å². The van der Waals surface area contributed by atoms with Crippen LogP contribution in [0.1, 0.15) is 38.5 Å². The summed E-state index contributed by atoms with van der Waals surface area (Å²) in [6.45, 7) is 3.62. The number of benzene rings is 1. The highest BCUT2D eigenvalue weighted by molar-refractivity contribution is 5.51. The summed E-state index contributed by atoms with van der Waals surface area (Å²) in [4.78, 5) is 2.28. The summed E-state index contributed by atoms with van der Waals surface area (Å²) in [6, 6.07) is 10.00. The molecule has 0 saturated carbocycles. The van der Waals surface area contributed by atoms with E-state index in [9.17, 15) is 5.11 Å². The smallest absolute Gasteiger partial charge is 0.247 e. The summed E-state index contributed by atoms with van der Waals surface area (Å²) in [5.74, 6) is 1.18. The number of nitrogens with zero attached hydrogens (tertiary/aromatic N) is 3. The van der Waals surface area contributed by atoms with Gasteiger partial charge in [0.15, 0.2) is 0 Å². The fourth-order valence-corrected chi connectivity index (χ4v) is 3.11. The molecule has 118 valence electrons. The van der Waals surface area contributed by atoms with Crippen molar-refractivity contribution in [3.63, 3.8) is 0 Å². The molecule has 0 aliphatic carbocycles. The van der Waals surface area contributed by atoms with E-state index < -0.39 is 0 Å². The lowest BCUT2D eigenvalue weighted by Gasteiger charge is -2.37. The molecule has 2 aromatic rings. The molecule has 1 aliphatic rings. The predicted molar refractivity (Wildman–Crippen MR) is 84.1 cm³/mol. The number of aliphatic hydroxyl groups excluding tert-OH is 1. The van der Waals surface area contributed by atoms with Crippen LogP contribution in [0.15, 0.2) is 34.7 Å². The number of hydrogen-bond acceptors (Lipinski definition) is 5. The van der Waals surface area contributed by atoms with Gasteiger partial charge in [-0.05, 0) is 37.9 Å². The normalized spacial score (nSPS) is 20.9. The first-order valence-corrected chi connectivity index (χ1v) is 8.08. The van der Waals surface area contributed by atoms with Crippen LogP contribution in [0, 0.1) is 0 Å². The molecule has 1 aliphatic heterocycles. The van der Waals surface area contributed by atoms with E-state index >= 15 is 0 Å². The number of piperidine rings is 1. The summed E-state index contributed by atoms with van der Waals surface area (Å²) >= 11 is 0. The predicted octanol–water partition coefficient (Wildman–Crippen LogP) is 2.86. The lowest BCUT2D eigenvalue weighted by molar-refractivity contribution is 0.0155. The van der Waals surface area contributed by atoms with Crippen LogP contribution in [0.25, 0.3) is 11.5 Å². The minimum absolute atomic E-state index is 0.200. The lowest BCUT2D eigenvalue weighted by Crippen LogP contribution is -2.46. The van der Waals surface area contributed by atoms with Crippen molar-refractivity contribution in [1.82, 2.24) is 15.1 Å². The van der Waals surface area contributed by atoms with Gasteiger partial charge in [-0.15, -0.1) is 10.2 Å². The second-order valence-electron chi connectivity index (χ2n) is 5.88. The van der Waals surface area contributed by atoms with Gasteiger partial charge in [-0.3, -0.25) is 4.90 Å². The van der Waals surface area contributed by atoms with Gasteiger partial charge in [0.2, 0.25) is 11.8 Å². The number of aliphatic hydroxyl groups is 1. The van der Waals surface area contributed by atoms with E-state index in [0.29, 0.717) is 18.3 Å². The molecule has 22 heavy (non-hydrogen) atoms. The van der Waals surface area contributed by atoms with E-state index in [1.54, 1.807) is 0 Å². The van der Waals surface area contributed by atoms with Crippen molar-refractivity contribution in [2.24, 2.45) is 0 Å². The Morgan fingerprint density at radius 1 is 1.27 bits per heavy atom. The quantitative estimate of drug-likeness (QED) is 0.920. The van der Waals surface area contributed by atoms with E-state index in [2.05, 4.69) is 15.1 Å². The van der Waals surface area contributed by atoms with Gasteiger partial charge >= 0.3 is 0 Å². The molecule has 2 unspecified atom stereocenters. The van der Waals surface area contributed by atoms with Crippen molar-refractivity contribution in [2.45, 2.75) is 51.3 Å². The highest BCUT2D eigenvalue weighted by atomic mass is 16.4. The van der Waals surface area contributed by atoms with Crippen LogP contribution in [-0.4, -0.2) is 38.9 Å². The van der Waals surface area contributed by atoms with Crippen molar-refractivity contribution in [3.8, 4) is 11.5 Å². The lowest BCUT2D eigenvalue weighted by atomic mass is 9.96. The molecule has 1 saturated heterocycles. The zero-order valence-corrected chi connectivity index (χ0v) is 13.0. The molecule has 5 heteroatoms. The molecule has 1 aromatic carbocycles. The molecule has 0 amide bonds. The van der Waals surface area contributed by atoms with Crippen LogP contribution in [0.5, 0.6) is 0 Å². The first kappa shape index (κ1) is 15.2. The van der Waals surface area contributed by atoms with Crippen LogP contribution < -0.4 is 0 Å². The Balaban J connectivity index is 1.71. The molecule has 0 bridgehead atoms. The van der Waals surface area contributed by atoms with Crippen LogP contribution in [0.2, 0.25) is 0 Å². The van der Waals surface area contributed by atoms with Crippen molar-refractivity contribution in [2.75, 3.05) is 6.54 Å². The van der Waals surface area contributed by atoms with E-state index in [4.69, 9.17) is 4.42 Å². The Hall–Kier alpha value is -1.72. The van der Waals surface area contributed by atoms with E-state index in [-0.39, 0.29) is 12.1 Å². The Kier molecular flexibility index (Phi) is 4.85. The van der Waals surface area contributed by atoms with Gasteiger partial charge in [0.05, 0.1) is 12.6 Å². The van der Waals surface area contributed by atoms with Gasteiger partial charge in [-0.2, -0.15) is 0 Å². The van der Waals surface area contributed by atoms with Crippen molar-refractivity contribution < 1.29 is 9.52 Å². The molecule has 1 aromatic heterocycles. The summed E-state index contributed by atoms with van der Waals surface area (Å²) < 4.78 is 5.79. The fraction of sp³-hybridized carbons (Fsp3) is 0.529. The maximum atomic E-state index is 10.2. The number of hydrogen-bond donors (Lipinski definition) is 1. The molecule has 1 N–H and O–H groups in total. The summed E-state index contributed by atoms with van der Waals surface area (Å²) in [7, 11) is 0. The third-order valence-corrected chi connectivity index (χ3v) is 4.35. The fourth-order valence-electron chi connectivity index (χ4n) is 3.11. The largest absolute Gasteiger partial charge is 0.419 e.